The van der Waals surface area contributed by atoms with Crippen molar-refractivity contribution in [2.75, 3.05) is 12.4 Å². The summed E-state index contributed by atoms with van der Waals surface area (Å²) in [5.74, 6) is 0.136. The maximum atomic E-state index is 13.0. The third kappa shape index (κ3) is 4.62. The summed E-state index contributed by atoms with van der Waals surface area (Å²) < 4.78 is 35.9. The third-order valence-electron chi connectivity index (χ3n) is 4.57. The summed E-state index contributed by atoms with van der Waals surface area (Å²) in [5.41, 5.74) is 0.871. The molecule has 0 saturated heterocycles. The van der Waals surface area contributed by atoms with E-state index in [2.05, 4.69) is 15.2 Å². The Bertz CT molecular complexity index is 1430. The van der Waals surface area contributed by atoms with Crippen LogP contribution in [0.25, 0.3) is 11.0 Å². The fraction of sp³-hybridized carbons (Fsp3) is 0.0435. The van der Waals surface area contributed by atoms with Crippen molar-refractivity contribution in [2.45, 2.75) is 4.90 Å². The second-order valence-electron chi connectivity index (χ2n) is 6.71. The van der Waals surface area contributed by atoms with Crippen molar-refractivity contribution in [3.05, 3.63) is 96.0 Å². The number of nitrogens with one attached hydrogen (secondary N) is 2. The van der Waals surface area contributed by atoms with E-state index in [-0.39, 0.29) is 16.0 Å². The van der Waals surface area contributed by atoms with E-state index in [9.17, 15) is 13.2 Å². The number of hydrogen-bond acceptors (Lipinski definition) is 6. The molecule has 1 aromatic heterocycles. The number of sulfonamides is 1. The fourth-order valence-electron chi connectivity index (χ4n) is 2.94. The zero-order valence-corrected chi connectivity index (χ0v) is 17.8. The van der Waals surface area contributed by atoms with Gasteiger partial charge in [0.1, 0.15) is 16.9 Å². The van der Waals surface area contributed by atoms with Gasteiger partial charge in [-0.2, -0.15) is 13.2 Å². The summed E-state index contributed by atoms with van der Waals surface area (Å²) in [5, 5.41) is 7.32. The summed E-state index contributed by atoms with van der Waals surface area (Å²) in [7, 11) is -2.39. The highest BCUT2D eigenvalue weighted by Gasteiger charge is 2.16. The van der Waals surface area contributed by atoms with Crippen molar-refractivity contribution >= 4 is 32.6 Å². The molecule has 9 heteroatoms. The van der Waals surface area contributed by atoms with Gasteiger partial charge in [0.05, 0.1) is 12.0 Å². The Balaban J connectivity index is 1.73. The second-order valence-corrected chi connectivity index (χ2v) is 8.37. The minimum Gasteiger partial charge on any atom is -0.497 e. The minimum atomic E-state index is -3.94. The average Bonchev–Trinajstić information content (AvgIpc) is 2.83. The van der Waals surface area contributed by atoms with Crippen LogP contribution in [0.15, 0.2) is 99.3 Å². The third-order valence-corrected chi connectivity index (χ3v) is 5.79. The molecular formula is C23H19N3O5S. The molecule has 32 heavy (non-hydrogen) atoms. The summed E-state index contributed by atoms with van der Waals surface area (Å²) in [6.07, 6.45) is 0. The van der Waals surface area contributed by atoms with E-state index in [0.29, 0.717) is 22.4 Å². The molecule has 0 aliphatic carbocycles. The number of methoxy groups -OCH3 is 1. The molecular weight excluding hydrogens is 430 g/mol. The van der Waals surface area contributed by atoms with Crippen LogP contribution >= 0.6 is 0 Å². The fourth-order valence-corrected chi connectivity index (χ4v) is 3.77. The highest BCUT2D eigenvalue weighted by Crippen LogP contribution is 2.17. The summed E-state index contributed by atoms with van der Waals surface area (Å²) >= 11 is 0. The number of amides is 1. The Morgan fingerprint density at radius 3 is 2.34 bits per heavy atom. The van der Waals surface area contributed by atoms with Crippen LogP contribution in [-0.2, 0) is 10.0 Å². The van der Waals surface area contributed by atoms with Crippen molar-refractivity contribution in [3.8, 4) is 5.75 Å². The molecule has 8 nitrogen and oxygen atoms in total. The van der Waals surface area contributed by atoms with Gasteiger partial charge in [0.2, 0.25) is 5.55 Å². The molecule has 4 aromatic rings. The van der Waals surface area contributed by atoms with Crippen molar-refractivity contribution in [1.82, 2.24) is 4.83 Å². The largest absolute Gasteiger partial charge is 0.497 e. The first kappa shape index (κ1) is 21.1. The molecule has 0 radical (unpaired) electrons. The van der Waals surface area contributed by atoms with E-state index in [1.165, 1.54) is 12.1 Å². The molecule has 4 rings (SSSR count). The first-order valence-corrected chi connectivity index (χ1v) is 11.0. The predicted octanol–water partition coefficient (Wildman–Crippen LogP) is 3.49. The van der Waals surface area contributed by atoms with Gasteiger partial charge < -0.3 is 14.5 Å². The highest BCUT2D eigenvalue weighted by atomic mass is 32.2. The maximum absolute atomic E-state index is 13.0. The maximum Gasteiger partial charge on any atom is 0.276 e. The van der Waals surface area contributed by atoms with Crippen LogP contribution in [0, 0.1) is 0 Å². The zero-order valence-electron chi connectivity index (χ0n) is 17.0. The summed E-state index contributed by atoms with van der Waals surface area (Å²) in [4.78, 5) is 15.2. The molecule has 162 valence electrons. The Morgan fingerprint density at radius 1 is 0.938 bits per heavy atom. The van der Waals surface area contributed by atoms with Crippen molar-refractivity contribution in [2.24, 2.45) is 5.10 Å². The van der Waals surface area contributed by atoms with Gasteiger partial charge >= 0.3 is 0 Å². The zero-order chi connectivity index (χ0) is 22.6. The Labute approximate surface area is 184 Å². The molecule has 2 N–H and O–H groups in total. The minimum absolute atomic E-state index is 0.0359. The molecule has 0 aliphatic rings. The number of carbonyl (C=O) groups excluding carboxylic acids is 1. The molecule has 0 bridgehead atoms. The lowest BCUT2D eigenvalue weighted by molar-refractivity contribution is 0.102. The lowest BCUT2D eigenvalue weighted by atomic mass is 10.1. The lowest BCUT2D eigenvalue weighted by Gasteiger charge is -2.08. The molecule has 0 fully saturated rings. The quantitative estimate of drug-likeness (QED) is 0.438. The number of benzene rings is 3. The van der Waals surface area contributed by atoms with E-state index in [4.69, 9.17) is 9.15 Å². The van der Waals surface area contributed by atoms with Crippen LogP contribution in [0.5, 0.6) is 5.75 Å². The van der Waals surface area contributed by atoms with E-state index in [1.807, 2.05) is 0 Å². The number of nitrogens with zero attached hydrogens (tertiary/aromatic N) is 1. The average molecular weight is 449 g/mol. The van der Waals surface area contributed by atoms with Gasteiger partial charge in [0.25, 0.3) is 15.9 Å². The number of para-hydroxylation sites is 1. The number of carbonyl (C=O) groups is 1. The highest BCUT2D eigenvalue weighted by molar-refractivity contribution is 7.89. The van der Waals surface area contributed by atoms with Crippen molar-refractivity contribution < 1.29 is 22.4 Å². The molecule has 1 amide bonds. The van der Waals surface area contributed by atoms with Crippen LogP contribution in [0.3, 0.4) is 0 Å². The van der Waals surface area contributed by atoms with Crippen LogP contribution < -0.4 is 20.4 Å². The van der Waals surface area contributed by atoms with E-state index in [0.717, 1.165) is 0 Å². The number of fused-ring (bicyclic) bond motifs is 1. The Hall–Kier alpha value is -4.11. The number of rotatable bonds is 6. The summed E-state index contributed by atoms with van der Waals surface area (Å²) in [6, 6.07) is 23.2. The number of ether oxygens (including phenoxy) is 1. The smallest absolute Gasteiger partial charge is 0.276 e. The second kappa shape index (κ2) is 8.94. The van der Waals surface area contributed by atoms with Gasteiger partial charge in [-0.15, -0.1) is 5.10 Å². The Morgan fingerprint density at radius 2 is 1.62 bits per heavy atom. The molecule has 0 atom stereocenters. The predicted molar refractivity (Wildman–Crippen MR) is 119 cm³/mol. The topological polar surface area (TPSA) is 110 Å². The van der Waals surface area contributed by atoms with Gasteiger partial charge in [-0.25, -0.2) is 0 Å². The first-order chi connectivity index (χ1) is 15.5. The molecule has 1 heterocycles. The van der Waals surface area contributed by atoms with Crippen LogP contribution in [-0.4, -0.2) is 21.4 Å². The molecule has 0 saturated carbocycles. The van der Waals surface area contributed by atoms with Gasteiger partial charge in [-0.3, -0.25) is 4.79 Å². The molecule has 0 unspecified atom stereocenters. The van der Waals surface area contributed by atoms with Gasteiger partial charge in [0.15, 0.2) is 0 Å². The number of anilines is 1. The van der Waals surface area contributed by atoms with Crippen LogP contribution in [0.1, 0.15) is 10.4 Å². The van der Waals surface area contributed by atoms with Crippen molar-refractivity contribution in [1.29, 1.82) is 0 Å². The molecule has 0 aliphatic heterocycles. The van der Waals surface area contributed by atoms with E-state index in [1.54, 1.807) is 79.9 Å². The summed E-state index contributed by atoms with van der Waals surface area (Å²) in [6.45, 7) is 0. The monoisotopic (exact) mass is 449 g/mol. The van der Waals surface area contributed by atoms with Gasteiger partial charge in [0, 0.05) is 11.1 Å². The van der Waals surface area contributed by atoms with Crippen LogP contribution in [0.2, 0.25) is 0 Å². The SMILES string of the molecule is COc1ccc(NC(=O)c2cc3ccccc3o/c2=N\NS(=O)(=O)c2ccccc2)cc1. The van der Waals surface area contributed by atoms with E-state index >= 15 is 0 Å². The number of hydrogen-bond donors (Lipinski definition) is 2. The van der Waals surface area contributed by atoms with Gasteiger partial charge in [-0.05, 0) is 48.5 Å². The Kier molecular flexibility index (Phi) is 5.91. The van der Waals surface area contributed by atoms with E-state index < -0.39 is 15.9 Å². The molecule has 3 aromatic carbocycles. The normalized spacial score (nSPS) is 11.8. The van der Waals surface area contributed by atoms with Crippen molar-refractivity contribution in [3.63, 3.8) is 0 Å². The standard InChI is InChI=1S/C23H19N3O5S/c1-30-18-13-11-17(12-14-18)24-22(27)20-15-16-7-5-6-10-21(16)31-23(20)25-26-32(28,29)19-8-3-2-4-9-19/h2-15,26H,1H3,(H,24,27)/b25-23-. The van der Waals surface area contributed by atoms with Crippen LogP contribution in [0.4, 0.5) is 5.69 Å². The lowest BCUT2D eigenvalue weighted by Crippen LogP contribution is -2.27. The first-order valence-electron chi connectivity index (χ1n) is 9.55. The van der Waals surface area contributed by atoms with Gasteiger partial charge in [-0.1, -0.05) is 36.4 Å². The molecule has 0 spiro atoms.